The Morgan fingerprint density at radius 3 is 1.41 bits per heavy atom. The first-order chi connectivity index (χ1) is 29.3. The second kappa shape index (κ2) is 12.4. The van der Waals surface area contributed by atoms with Crippen molar-refractivity contribution in [2.45, 2.75) is 5.41 Å². The summed E-state index contributed by atoms with van der Waals surface area (Å²) in [5, 5.41) is 8.94. The van der Waals surface area contributed by atoms with E-state index in [1.807, 2.05) is 11.3 Å². The van der Waals surface area contributed by atoms with Crippen molar-refractivity contribution in [3.63, 3.8) is 0 Å². The largest absolute Gasteiger partial charge is 0.310 e. The molecule has 10 aromatic carbocycles. The van der Waals surface area contributed by atoms with Crippen LogP contribution in [0.2, 0.25) is 0 Å². The SMILES string of the molecule is c1ccc2c(c1)-c1ccccc1C21c2ccccc2-c2cc(N(c3ccc(-c4cc5ccccc5s4)cc3)c3ccc4c5ccccc5c5ccccc5c4c3)ccc21. The summed E-state index contributed by atoms with van der Waals surface area (Å²) in [6, 6.07) is 79.3. The molecule has 0 N–H and O–H groups in total. The third kappa shape index (κ3) is 4.55. The highest BCUT2D eigenvalue weighted by molar-refractivity contribution is 7.22. The summed E-state index contributed by atoms with van der Waals surface area (Å²) in [5.41, 5.74) is 14.9. The summed E-state index contributed by atoms with van der Waals surface area (Å²) in [5.74, 6) is 0. The zero-order valence-corrected chi connectivity index (χ0v) is 32.9. The number of fused-ring (bicyclic) bond motifs is 17. The maximum Gasteiger partial charge on any atom is 0.0725 e. The fraction of sp³-hybridized carbons (Fsp3) is 0.0175. The second-order valence-corrected chi connectivity index (χ2v) is 17.1. The van der Waals surface area contributed by atoms with E-state index in [-0.39, 0.29) is 5.41 Å². The van der Waals surface area contributed by atoms with Crippen molar-refractivity contribution in [3.8, 4) is 32.7 Å². The molecule has 59 heavy (non-hydrogen) atoms. The number of hydrogen-bond acceptors (Lipinski definition) is 2. The van der Waals surface area contributed by atoms with Gasteiger partial charge in [0.05, 0.1) is 5.41 Å². The van der Waals surface area contributed by atoms with Gasteiger partial charge in [0, 0.05) is 26.6 Å². The minimum atomic E-state index is -0.378. The lowest BCUT2D eigenvalue weighted by molar-refractivity contribution is 0.794. The third-order valence-corrected chi connectivity index (χ3v) is 14.2. The molecular formula is C57H35NS. The molecule has 1 heterocycles. The lowest BCUT2D eigenvalue weighted by Gasteiger charge is -2.31. The molecule has 1 aromatic heterocycles. The Morgan fingerprint density at radius 2 is 0.780 bits per heavy atom. The van der Waals surface area contributed by atoms with Gasteiger partial charge in [0.15, 0.2) is 0 Å². The van der Waals surface area contributed by atoms with Crippen LogP contribution in [0.4, 0.5) is 17.1 Å². The minimum absolute atomic E-state index is 0.378. The van der Waals surface area contributed by atoms with Gasteiger partial charge in [0.25, 0.3) is 0 Å². The van der Waals surface area contributed by atoms with Gasteiger partial charge in [0.2, 0.25) is 0 Å². The number of hydrogen-bond donors (Lipinski definition) is 0. The van der Waals surface area contributed by atoms with E-state index in [1.165, 1.54) is 97.4 Å². The lowest BCUT2D eigenvalue weighted by atomic mass is 9.70. The Labute approximate surface area is 346 Å². The summed E-state index contributed by atoms with van der Waals surface area (Å²) in [4.78, 5) is 3.74. The fourth-order valence-corrected chi connectivity index (χ4v) is 11.7. The topological polar surface area (TPSA) is 3.24 Å². The average molecular weight is 766 g/mol. The number of thiophene rings is 1. The van der Waals surface area contributed by atoms with Crippen LogP contribution in [0, 0.1) is 0 Å². The molecule has 1 spiro atoms. The summed E-state index contributed by atoms with van der Waals surface area (Å²) in [7, 11) is 0. The minimum Gasteiger partial charge on any atom is -0.310 e. The molecule has 2 heteroatoms. The molecule has 0 fully saturated rings. The monoisotopic (exact) mass is 765 g/mol. The second-order valence-electron chi connectivity index (χ2n) is 16.0. The molecule has 0 atom stereocenters. The van der Waals surface area contributed by atoms with Crippen molar-refractivity contribution in [2.75, 3.05) is 4.90 Å². The van der Waals surface area contributed by atoms with E-state index in [9.17, 15) is 0 Å². The van der Waals surface area contributed by atoms with Crippen LogP contribution in [-0.4, -0.2) is 0 Å². The molecular weight excluding hydrogens is 731 g/mol. The standard InChI is InChI=1S/C57H35NS/c1-12-24-55-37(13-1)33-56(59-55)36-25-27-38(28-26-36)58(39-29-31-45-43-16-3-2-14-41(43)42-15-4-5-17-44(42)49(45)34-39)40-30-32-54-50(35-40)48-20-8-11-23-53(48)57(54)51-21-9-6-18-46(51)47-19-7-10-22-52(47)57/h1-35H. The molecule has 2 aliphatic carbocycles. The highest BCUT2D eigenvalue weighted by atomic mass is 32.1. The van der Waals surface area contributed by atoms with Gasteiger partial charge in [-0.1, -0.05) is 164 Å². The van der Waals surface area contributed by atoms with E-state index in [0.717, 1.165) is 17.1 Å². The van der Waals surface area contributed by atoms with Crippen LogP contribution in [0.5, 0.6) is 0 Å². The zero-order chi connectivity index (χ0) is 38.7. The molecule has 2 aliphatic rings. The number of benzene rings is 10. The van der Waals surface area contributed by atoms with Gasteiger partial charge in [-0.05, 0) is 136 Å². The van der Waals surface area contributed by atoms with Crippen molar-refractivity contribution < 1.29 is 0 Å². The number of anilines is 3. The molecule has 0 radical (unpaired) electrons. The Morgan fingerprint density at radius 1 is 0.322 bits per heavy atom. The first-order valence-corrected chi connectivity index (χ1v) is 21.2. The van der Waals surface area contributed by atoms with Gasteiger partial charge >= 0.3 is 0 Å². The van der Waals surface area contributed by atoms with E-state index in [2.05, 4.69) is 217 Å². The van der Waals surface area contributed by atoms with Crippen LogP contribution >= 0.6 is 11.3 Å². The highest BCUT2D eigenvalue weighted by Crippen LogP contribution is 2.63. The van der Waals surface area contributed by atoms with Gasteiger partial charge in [0.1, 0.15) is 0 Å². The van der Waals surface area contributed by atoms with Crippen LogP contribution in [0.15, 0.2) is 212 Å². The Balaban J connectivity index is 1.04. The van der Waals surface area contributed by atoms with Gasteiger partial charge in [-0.3, -0.25) is 0 Å². The van der Waals surface area contributed by atoms with Gasteiger partial charge in [-0.25, -0.2) is 0 Å². The summed E-state index contributed by atoms with van der Waals surface area (Å²) in [6.45, 7) is 0. The van der Waals surface area contributed by atoms with E-state index < -0.39 is 0 Å². The Bertz CT molecular complexity index is 3400. The van der Waals surface area contributed by atoms with E-state index in [1.54, 1.807) is 0 Å². The maximum absolute atomic E-state index is 2.46. The first-order valence-electron chi connectivity index (χ1n) is 20.4. The smallest absolute Gasteiger partial charge is 0.0725 e. The normalized spacial score (nSPS) is 13.2. The molecule has 13 rings (SSSR count). The van der Waals surface area contributed by atoms with Crippen LogP contribution in [-0.2, 0) is 5.41 Å². The van der Waals surface area contributed by atoms with Crippen LogP contribution in [0.25, 0.3) is 75.1 Å². The summed E-state index contributed by atoms with van der Waals surface area (Å²) in [6.07, 6.45) is 0. The summed E-state index contributed by atoms with van der Waals surface area (Å²) >= 11 is 1.85. The summed E-state index contributed by atoms with van der Waals surface area (Å²) < 4.78 is 1.31. The van der Waals surface area contributed by atoms with Crippen molar-refractivity contribution in [1.29, 1.82) is 0 Å². The van der Waals surface area contributed by atoms with E-state index in [4.69, 9.17) is 0 Å². The highest BCUT2D eigenvalue weighted by Gasteiger charge is 2.51. The van der Waals surface area contributed by atoms with Crippen LogP contribution in [0.3, 0.4) is 0 Å². The predicted molar refractivity (Wildman–Crippen MR) is 251 cm³/mol. The van der Waals surface area contributed by atoms with E-state index >= 15 is 0 Å². The lowest BCUT2D eigenvalue weighted by Crippen LogP contribution is -2.25. The third-order valence-electron chi connectivity index (χ3n) is 13.1. The predicted octanol–water partition coefficient (Wildman–Crippen LogP) is 15.8. The molecule has 0 amide bonds. The van der Waals surface area contributed by atoms with Crippen molar-refractivity contribution >= 4 is 70.8 Å². The molecule has 274 valence electrons. The van der Waals surface area contributed by atoms with Gasteiger partial charge < -0.3 is 4.90 Å². The van der Waals surface area contributed by atoms with E-state index in [0.29, 0.717) is 0 Å². The Kier molecular flexibility index (Phi) is 6.87. The molecule has 0 saturated heterocycles. The molecule has 0 aliphatic heterocycles. The molecule has 1 nitrogen and oxygen atoms in total. The van der Waals surface area contributed by atoms with Crippen LogP contribution < -0.4 is 4.90 Å². The number of nitrogens with zero attached hydrogens (tertiary/aromatic N) is 1. The van der Waals surface area contributed by atoms with Crippen molar-refractivity contribution in [2.24, 2.45) is 0 Å². The zero-order valence-electron chi connectivity index (χ0n) is 32.1. The quantitative estimate of drug-likeness (QED) is 0.161. The average Bonchev–Trinajstić information content (AvgIpc) is 3.97. The molecule has 11 aromatic rings. The molecule has 0 unspecified atom stereocenters. The molecule has 0 bridgehead atoms. The first kappa shape index (κ1) is 32.8. The van der Waals surface area contributed by atoms with Gasteiger partial charge in [-0.15, -0.1) is 11.3 Å². The number of rotatable bonds is 4. The van der Waals surface area contributed by atoms with Gasteiger partial charge in [-0.2, -0.15) is 0 Å². The van der Waals surface area contributed by atoms with Crippen molar-refractivity contribution in [1.82, 2.24) is 0 Å². The Hall–Kier alpha value is -7.26. The van der Waals surface area contributed by atoms with Crippen molar-refractivity contribution in [3.05, 3.63) is 235 Å². The maximum atomic E-state index is 2.46. The molecule has 0 saturated carbocycles. The fourth-order valence-electron chi connectivity index (χ4n) is 10.6. The van der Waals surface area contributed by atoms with Crippen LogP contribution in [0.1, 0.15) is 22.3 Å².